The SMILES string of the molecule is c1ccc(-c2ccc(N(c3ccc(-c4cccc5cccc(-c6ccccc6)c45)cc3)c3cccc4cc(-c5cccc6ccccc56)ccc34)cc2)cc1. The molecule has 0 aliphatic carbocycles. The highest BCUT2D eigenvalue weighted by Gasteiger charge is 2.18. The largest absolute Gasteiger partial charge is 0.310 e. The second-order valence-corrected chi connectivity index (χ2v) is 14.1. The third-order valence-corrected chi connectivity index (χ3v) is 10.9. The molecular weight excluding hydrogens is 663 g/mol. The number of benzene rings is 10. The van der Waals surface area contributed by atoms with E-state index in [1.165, 1.54) is 76.8 Å². The number of hydrogen-bond donors (Lipinski definition) is 0. The van der Waals surface area contributed by atoms with Gasteiger partial charge in [-0.15, -0.1) is 0 Å². The minimum absolute atomic E-state index is 1.10. The number of fused-ring (bicyclic) bond motifs is 3. The van der Waals surface area contributed by atoms with E-state index in [9.17, 15) is 0 Å². The van der Waals surface area contributed by atoms with E-state index in [1.54, 1.807) is 0 Å². The first-order chi connectivity index (χ1) is 27.3. The van der Waals surface area contributed by atoms with E-state index in [1.807, 2.05) is 0 Å². The Balaban J connectivity index is 1.10. The summed E-state index contributed by atoms with van der Waals surface area (Å²) in [6, 6.07) is 81.4. The van der Waals surface area contributed by atoms with Crippen molar-refractivity contribution < 1.29 is 0 Å². The van der Waals surface area contributed by atoms with Gasteiger partial charge in [-0.1, -0.05) is 188 Å². The molecule has 258 valence electrons. The van der Waals surface area contributed by atoms with E-state index >= 15 is 0 Å². The van der Waals surface area contributed by atoms with Crippen LogP contribution in [0.3, 0.4) is 0 Å². The molecule has 0 atom stereocenters. The minimum atomic E-state index is 1.10. The maximum atomic E-state index is 2.40. The molecule has 0 unspecified atom stereocenters. The smallest absolute Gasteiger partial charge is 0.0540 e. The predicted molar refractivity (Wildman–Crippen MR) is 235 cm³/mol. The summed E-state index contributed by atoms with van der Waals surface area (Å²) in [5.74, 6) is 0. The summed E-state index contributed by atoms with van der Waals surface area (Å²) < 4.78 is 0. The first-order valence-electron chi connectivity index (χ1n) is 18.9. The molecule has 0 heterocycles. The summed E-state index contributed by atoms with van der Waals surface area (Å²) in [7, 11) is 0. The van der Waals surface area contributed by atoms with Gasteiger partial charge in [0.05, 0.1) is 5.69 Å². The lowest BCUT2D eigenvalue weighted by atomic mass is 9.91. The minimum Gasteiger partial charge on any atom is -0.310 e. The molecule has 0 fully saturated rings. The molecule has 10 aromatic carbocycles. The molecule has 0 bridgehead atoms. The lowest BCUT2D eigenvalue weighted by Gasteiger charge is -2.27. The van der Waals surface area contributed by atoms with Gasteiger partial charge in [0, 0.05) is 16.8 Å². The zero-order valence-corrected chi connectivity index (χ0v) is 30.3. The second kappa shape index (κ2) is 14.0. The summed E-state index contributed by atoms with van der Waals surface area (Å²) in [4.78, 5) is 2.40. The van der Waals surface area contributed by atoms with Crippen LogP contribution >= 0.6 is 0 Å². The van der Waals surface area contributed by atoms with E-state index in [4.69, 9.17) is 0 Å². The predicted octanol–water partition coefficient (Wildman–Crippen LogP) is 15.3. The van der Waals surface area contributed by atoms with Gasteiger partial charge in [0.15, 0.2) is 0 Å². The maximum absolute atomic E-state index is 2.40. The summed E-state index contributed by atoms with van der Waals surface area (Å²) in [5, 5.41) is 7.43. The Morgan fingerprint density at radius 2 is 0.727 bits per heavy atom. The fourth-order valence-corrected chi connectivity index (χ4v) is 8.20. The number of nitrogens with zero attached hydrogens (tertiary/aromatic N) is 1. The number of hydrogen-bond acceptors (Lipinski definition) is 1. The zero-order chi connectivity index (χ0) is 36.6. The van der Waals surface area contributed by atoms with Gasteiger partial charge in [0.25, 0.3) is 0 Å². The van der Waals surface area contributed by atoms with Crippen LogP contribution in [0.4, 0.5) is 17.1 Å². The van der Waals surface area contributed by atoms with Crippen molar-refractivity contribution in [2.75, 3.05) is 4.90 Å². The quantitative estimate of drug-likeness (QED) is 0.160. The highest BCUT2D eigenvalue weighted by Crippen LogP contribution is 2.43. The van der Waals surface area contributed by atoms with Gasteiger partial charge in [-0.3, -0.25) is 0 Å². The van der Waals surface area contributed by atoms with E-state index < -0.39 is 0 Å². The first-order valence-corrected chi connectivity index (χ1v) is 18.9. The molecule has 0 saturated heterocycles. The highest BCUT2D eigenvalue weighted by molar-refractivity contribution is 6.07. The van der Waals surface area contributed by atoms with Crippen LogP contribution in [0, 0.1) is 0 Å². The standard InChI is InChI=1S/C54H37N/c1-3-13-38(14-4-1)39-27-32-46(33-28-39)55(53-26-12-21-44-37-45(31-36-50(44)53)49-23-9-18-40-17-7-8-22-48(40)49)47-34-29-42(30-35-47)52-25-11-20-43-19-10-24-51(54(43)52)41-15-5-2-6-16-41/h1-37H. The van der Waals surface area contributed by atoms with Gasteiger partial charge in [-0.25, -0.2) is 0 Å². The lowest BCUT2D eigenvalue weighted by molar-refractivity contribution is 1.30. The average Bonchev–Trinajstić information content (AvgIpc) is 3.27. The van der Waals surface area contributed by atoms with Crippen LogP contribution in [0.15, 0.2) is 224 Å². The number of rotatable bonds is 7. The molecule has 0 amide bonds. The Hall–Kier alpha value is -7.22. The molecule has 10 rings (SSSR count). The van der Waals surface area contributed by atoms with Crippen molar-refractivity contribution in [3.63, 3.8) is 0 Å². The normalized spacial score (nSPS) is 11.3. The number of anilines is 3. The van der Waals surface area contributed by atoms with Gasteiger partial charge in [-0.05, 0) is 108 Å². The third-order valence-electron chi connectivity index (χ3n) is 10.9. The molecule has 0 radical (unpaired) electrons. The van der Waals surface area contributed by atoms with Crippen molar-refractivity contribution in [1.29, 1.82) is 0 Å². The van der Waals surface area contributed by atoms with Gasteiger partial charge in [0.2, 0.25) is 0 Å². The van der Waals surface area contributed by atoms with Crippen LogP contribution < -0.4 is 4.90 Å². The van der Waals surface area contributed by atoms with Crippen LogP contribution in [0.5, 0.6) is 0 Å². The lowest BCUT2D eigenvalue weighted by Crippen LogP contribution is -2.10. The van der Waals surface area contributed by atoms with Crippen molar-refractivity contribution in [3.8, 4) is 44.5 Å². The van der Waals surface area contributed by atoms with Crippen LogP contribution in [0.25, 0.3) is 76.8 Å². The molecule has 0 aliphatic heterocycles. The Morgan fingerprint density at radius 3 is 1.42 bits per heavy atom. The molecule has 0 aromatic heterocycles. The van der Waals surface area contributed by atoms with Crippen molar-refractivity contribution in [3.05, 3.63) is 224 Å². The molecule has 55 heavy (non-hydrogen) atoms. The van der Waals surface area contributed by atoms with Crippen molar-refractivity contribution in [1.82, 2.24) is 0 Å². The Kier molecular flexibility index (Phi) is 8.24. The van der Waals surface area contributed by atoms with Crippen molar-refractivity contribution in [2.24, 2.45) is 0 Å². The first kappa shape index (κ1) is 32.4. The van der Waals surface area contributed by atoms with Gasteiger partial charge in [0.1, 0.15) is 0 Å². The molecule has 1 nitrogen and oxygen atoms in total. The fourth-order valence-electron chi connectivity index (χ4n) is 8.20. The summed E-state index contributed by atoms with van der Waals surface area (Å²) in [6.07, 6.45) is 0. The summed E-state index contributed by atoms with van der Waals surface area (Å²) >= 11 is 0. The zero-order valence-electron chi connectivity index (χ0n) is 30.3. The van der Waals surface area contributed by atoms with Crippen LogP contribution in [-0.4, -0.2) is 0 Å². The van der Waals surface area contributed by atoms with Gasteiger partial charge in [-0.2, -0.15) is 0 Å². The molecule has 0 saturated carbocycles. The molecule has 0 aliphatic rings. The van der Waals surface area contributed by atoms with Gasteiger partial charge < -0.3 is 4.90 Å². The maximum Gasteiger partial charge on any atom is 0.0540 e. The fraction of sp³-hybridized carbons (Fsp3) is 0. The van der Waals surface area contributed by atoms with Crippen LogP contribution in [-0.2, 0) is 0 Å². The van der Waals surface area contributed by atoms with E-state index in [0.717, 1.165) is 17.1 Å². The van der Waals surface area contributed by atoms with Crippen LogP contribution in [0.1, 0.15) is 0 Å². The Morgan fingerprint density at radius 1 is 0.255 bits per heavy atom. The van der Waals surface area contributed by atoms with Crippen molar-refractivity contribution in [2.45, 2.75) is 0 Å². The molecule has 1 heteroatoms. The highest BCUT2D eigenvalue weighted by atomic mass is 15.1. The summed E-state index contributed by atoms with van der Waals surface area (Å²) in [5.41, 5.74) is 13.1. The van der Waals surface area contributed by atoms with E-state index in [-0.39, 0.29) is 0 Å². The topological polar surface area (TPSA) is 3.24 Å². The average molecular weight is 700 g/mol. The second-order valence-electron chi connectivity index (χ2n) is 14.1. The Labute approximate surface area is 322 Å². The molecule has 10 aromatic rings. The Bertz CT molecular complexity index is 2940. The van der Waals surface area contributed by atoms with E-state index in [2.05, 4.69) is 229 Å². The third kappa shape index (κ3) is 6.02. The summed E-state index contributed by atoms with van der Waals surface area (Å²) in [6.45, 7) is 0. The van der Waals surface area contributed by atoms with Crippen LogP contribution in [0.2, 0.25) is 0 Å². The molecule has 0 spiro atoms. The monoisotopic (exact) mass is 699 g/mol. The van der Waals surface area contributed by atoms with E-state index in [0.29, 0.717) is 0 Å². The molecule has 0 N–H and O–H groups in total. The molecular formula is C54H37N. The van der Waals surface area contributed by atoms with Crippen molar-refractivity contribution >= 4 is 49.4 Å². The van der Waals surface area contributed by atoms with Gasteiger partial charge >= 0.3 is 0 Å².